The summed E-state index contributed by atoms with van der Waals surface area (Å²) in [6, 6.07) is 8.33. The molecule has 4 heteroatoms. The van der Waals surface area contributed by atoms with Gasteiger partial charge in [0.2, 0.25) is 0 Å². The number of hydrogen-bond acceptors (Lipinski definition) is 3. The van der Waals surface area contributed by atoms with Crippen molar-refractivity contribution >= 4 is 11.8 Å². The largest absolute Gasteiger partial charge is 0.370 e. The number of alkyl halides is 1. The smallest absolute Gasteiger partial charge is 0.130 e. The third-order valence-corrected chi connectivity index (χ3v) is 4.36. The molecule has 0 amide bonds. The summed E-state index contributed by atoms with van der Waals surface area (Å²) in [5.74, 6) is 0.689. The normalized spacial score (nSPS) is 27.1. The van der Waals surface area contributed by atoms with E-state index in [-0.39, 0.29) is 12.2 Å². The van der Waals surface area contributed by atoms with Crippen molar-refractivity contribution in [3.05, 3.63) is 29.8 Å². The Morgan fingerprint density at radius 2 is 2.00 bits per heavy atom. The van der Waals surface area contributed by atoms with Crippen molar-refractivity contribution in [3.63, 3.8) is 0 Å². The quantitative estimate of drug-likeness (QED) is 0.770. The van der Waals surface area contributed by atoms with Crippen LogP contribution in [0.15, 0.2) is 29.2 Å². The molecule has 1 aliphatic heterocycles. The molecule has 106 valence electrons. The predicted octanol–water partition coefficient (Wildman–Crippen LogP) is 3.14. The highest BCUT2D eigenvalue weighted by molar-refractivity contribution is 7.99. The molecule has 0 bridgehead atoms. The van der Waals surface area contributed by atoms with Gasteiger partial charge in [-0.05, 0) is 33.2 Å². The summed E-state index contributed by atoms with van der Waals surface area (Å²) >= 11 is 1.67. The Labute approximate surface area is 119 Å². The van der Waals surface area contributed by atoms with Crippen LogP contribution in [-0.4, -0.2) is 49.7 Å². The zero-order valence-electron chi connectivity index (χ0n) is 11.8. The van der Waals surface area contributed by atoms with E-state index in [0.717, 1.165) is 6.54 Å². The molecule has 0 aliphatic carbocycles. The second-order valence-electron chi connectivity index (χ2n) is 5.43. The Kier molecular flexibility index (Phi) is 5.25. The Morgan fingerprint density at radius 1 is 1.32 bits per heavy atom. The maximum atomic E-state index is 13.9. The molecule has 2 rings (SSSR count). The first-order valence-corrected chi connectivity index (χ1v) is 7.67. The summed E-state index contributed by atoms with van der Waals surface area (Å²) in [7, 11) is 3.98. The summed E-state index contributed by atoms with van der Waals surface area (Å²) in [6.07, 6.45) is -0.537. The van der Waals surface area contributed by atoms with Gasteiger partial charge >= 0.3 is 0 Å². The first-order chi connectivity index (χ1) is 9.04. The van der Waals surface area contributed by atoms with Crippen molar-refractivity contribution in [3.8, 4) is 0 Å². The van der Waals surface area contributed by atoms with Gasteiger partial charge in [0, 0.05) is 23.6 Å². The van der Waals surface area contributed by atoms with E-state index >= 15 is 0 Å². The van der Waals surface area contributed by atoms with Crippen molar-refractivity contribution in [1.29, 1.82) is 0 Å². The van der Waals surface area contributed by atoms with Gasteiger partial charge in [0.15, 0.2) is 0 Å². The van der Waals surface area contributed by atoms with Crippen LogP contribution in [0, 0.1) is 6.92 Å². The Bertz CT molecular complexity index is 396. The van der Waals surface area contributed by atoms with Crippen LogP contribution >= 0.6 is 11.8 Å². The van der Waals surface area contributed by atoms with Crippen LogP contribution < -0.4 is 0 Å². The molecule has 0 N–H and O–H groups in total. The van der Waals surface area contributed by atoms with Gasteiger partial charge in [-0.2, -0.15) is 0 Å². The highest BCUT2D eigenvalue weighted by Gasteiger charge is 2.35. The van der Waals surface area contributed by atoms with Gasteiger partial charge in [-0.1, -0.05) is 17.7 Å². The zero-order valence-corrected chi connectivity index (χ0v) is 12.6. The van der Waals surface area contributed by atoms with Gasteiger partial charge in [0.25, 0.3) is 0 Å². The number of aryl methyl sites for hydroxylation is 1. The summed E-state index contributed by atoms with van der Waals surface area (Å²) in [6.45, 7) is 2.87. The first-order valence-electron chi connectivity index (χ1n) is 6.68. The van der Waals surface area contributed by atoms with Crippen LogP contribution in [0.1, 0.15) is 12.0 Å². The Balaban J connectivity index is 1.81. The first kappa shape index (κ1) is 14.8. The van der Waals surface area contributed by atoms with Gasteiger partial charge in [-0.25, -0.2) is 4.39 Å². The molecule has 3 atom stereocenters. The average Bonchev–Trinajstić information content (AvgIpc) is 2.68. The number of hydrogen-bond donors (Lipinski definition) is 0. The standard InChI is InChI=1S/C15H22FNOS/c1-11-4-6-13(7-5-11)19-10-15-14(16)8-12(18-15)9-17(2)3/h4-7,12,14-15H,8-10H2,1-3H3/t12-,14-,15+/m1/s1. The molecule has 19 heavy (non-hydrogen) atoms. The van der Waals surface area contributed by atoms with E-state index in [1.165, 1.54) is 10.5 Å². The molecule has 0 radical (unpaired) electrons. The van der Waals surface area contributed by atoms with Crippen molar-refractivity contribution in [1.82, 2.24) is 4.90 Å². The van der Waals surface area contributed by atoms with Crippen LogP contribution in [0.25, 0.3) is 0 Å². The minimum absolute atomic E-state index is 0.0358. The minimum atomic E-state index is -0.831. The molecule has 0 spiro atoms. The van der Waals surface area contributed by atoms with Crippen LogP contribution in [0.2, 0.25) is 0 Å². The second-order valence-corrected chi connectivity index (χ2v) is 6.53. The van der Waals surface area contributed by atoms with Gasteiger partial charge in [0.1, 0.15) is 6.17 Å². The van der Waals surface area contributed by atoms with E-state index in [9.17, 15) is 4.39 Å². The van der Waals surface area contributed by atoms with Crippen molar-refractivity contribution < 1.29 is 9.13 Å². The third-order valence-electron chi connectivity index (χ3n) is 3.26. The van der Waals surface area contributed by atoms with Crippen molar-refractivity contribution in [2.45, 2.75) is 36.6 Å². The summed E-state index contributed by atoms with van der Waals surface area (Å²) in [4.78, 5) is 3.23. The molecule has 1 fully saturated rings. The van der Waals surface area contributed by atoms with E-state index in [4.69, 9.17) is 4.74 Å². The van der Waals surface area contributed by atoms with E-state index in [1.807, 2.05) is 19.0 Å². The van der Waals surface area contributed by atoms with E-state index in [2.05, 4.69) is 31.2 Å². The third kappa shape index (κ3) is 4.48. The minimum Gasteiger partial charge on any atom is -0.370 e. The van der Waals surface area contributed by atoms with Crippen molar-refractivity contribution in [2.75, 3.05) is 26.4 Å². The monoisotopic (exact) mass is 283 g/mol. The lowest BCUT2D eigenvalue weighted by molar-refractivity contribution is 0.0311. The molecule has 1 aromatic rings. The fourth-order valence-corrected chi connectivity index (χ4v) is 3.24. The zero-order chi connectivity index (χ0) is 13.8. The molecule has 0 aromatic heterocycles. The fourth-order valence-electron chi connectivity index (χ4n) is 2.27. The molecule has 1 aromatic carbocycles. The highest BCUT2D eigenvalue weighted by Crippen LogP contribution is 2.29. The maximum Gasteiger partial charge on any atom is 0.130 e. The number of benzene rings is 1. The molecule has 1 aliphatic rings. The fraction of sp³-hybridized carbons (Fsp3) is 0.600. The molecule has 0 saturated carbocycles. The SMILES string of the molecule is Cc1ccc(SC[C@@H]2O[C@@H](CN(C)C)C[C@H]2F)cc1. The second kappa shape index (κ2) is 6.73. The van der Waals surface area contributed by atoms with E-state index < -0.39 is 6.17 Å². The lowest BCUT2D eigenvalue weighted by Crippen LogP contribution is -2.26. The topological polar surface area (TPSA) is 12.5 Å². The van der Waals surface area contributed by atoms with E-state index in [1.54, 1.807) is 11.8 Å². The van der Waals surface area contributed by atoms with Gasteiger partial charge < -0.3 is 9.64 Å². The molecule has 0 unspecified atom stereocenters. The lowest BCUT2D eigenvalue weighted by atomic mass is 10.2. The van der Waals surface area contributed by atoms with Crippen LogP contribution in [0.5, 0.6) is 0 Å². The summed E-state index contributed by atoms with van der Waals surface area (Å²) in [5, 5.41) is 0. The molecule has 1 heterocycles. The number of thioether (sulfide) groups is 1. The summed E-state index contributed by atoms with van der Waals surface area (Å²) < 4.78 is 19.7. The van der Waals surface area contributed by atoms with Crippen molar-refractivity contribution in [2.24, 2.45) is 0 Å². The molecule has 2 nitrogen and oxygen atoms in total. The Hall–Kier alpha value is -0.580. The maximum absolute atomic E-state index is 13.9. The van der Waals surface area contributed by atoms with Crippen LogP contribution in [-0.2, 0) is 4.74 Å². The number of nitrogens with zero attached hydrogens (tertiary/aromatic N) is 1. The highest BCUT2D eigenvalue weighted by atomic mass is 32.2. The molecule has 1 saturated heterocycles. The number of rotatable bonds is 5. The molecular formula is C15H22FNOS. The van der Waals surface area contributed by atoms with Crippen LogP contribution in [0.3, 0.4) is 0 Å². The van der Waals surface area contributed by atoms with Gasteiger partial charge in [-0.15, -0.1) is 11.8 Å². The Morgan fingerprint density at radius 3 is 2.63 bits per heavy atom. The molecular weight excluding hydrogens is 261 g/mol. The number of ether oxygens (including phenoxy) is 1. The van der Waals surface area contributed by atoms with E-state index in [0.29, 0.717) is 12.2 Å². The average molecular weight is 283 g/mol. The predicted molar refractivity (Wildman–Crippen MR) is 78.6 cm³/mol. The number of likely N-dealkylation sites (N-methyl/N-ethyl adjacent to an activating group) is 1. The number of halogens is 1. The van der Waals surface area contributed by atoms with Crippen LogP contribution in [0.4, 0.5) is 4.39 Å². The van der Waals surface area contributed by atoms with Gasteiger partial charge in [0.05, 0.1) is 12.2 Å². The summed E-state index contributed by atoms with van der Waals surface area (Å²) in [5.41, 5.74) is 1.25. The van der Waals surface area contributed by atoms with Gasteiger partial charge in [-0.3, -0.25) is 0 Å². The lowest BCUT2D eigenvalue weighted by Gasteiger charge is -2.17.